The Morgan fingerprint density at radius 1 is 1.16 bits per heavy atom. The molecule has 19 heavy (non-hydrogen) atoms. The van der Waals surface area contributed by atoms with E-state index in [2.05, 4.69) is 10.2 Å². The van der Waals surface area contributed by atoms with Gasteiger partial charge in [0.1, 0.15) is 13.2 Å². The molecule has 3 rings (SSSR count). The molecule has 2 aliphatic heterocycles. The Kier molecular flexibility index (Phi) is 3.48. The predicted octanol–water partition coefficient (Wildman–Crippen LogP) is 0.921. The lowest BCUT2D eigenvalue weighted by atomic mass is 10.1. The summed E-state index contributed by atoms with van der Waals surface area (Å²) in [5.74, 6) is 1.49. The van der Waals surface area contributed by atoms with Gasteiger partial charge in [-0.25, -0.2) is 0 Å². The number of nitrogens with one attached hydrogen (secondary N) is 1. The quantitative estimate of drug-likeness (QED) is 0.832. The van der Waals surface area contributed by atoms with Crippen molar-refractivity contribution < 1.29 is 14.6 Å². The van der Waals surface area contributed by atoms with Crippen LogP contribution >= 0.6 is 0 Å². The van der Waals surface area contributed by atoms with Gasteiger partial charge in [-0.3, -0.25) is 0 Å². The molecule has 0 saturated carbocycles. The maximum absolute atomic E-state index is 9.82. The number of anilines is 1. The fourth-order valence-electron chi connectivity index (χ4n) is 2.63. The smallest absolute Gasteiger partial charge is 0.185 e. The maximum atomic E-state index is 9.82. The van der Waals surface area contributed by atoms with Crippen molar-refractivity contribution in [3.8, 4) is 11.5 Å². The summed E-state index contributed by atoms with van der Waals surface area (Å²) in [5, 5.41) is 13.2. The summed E-state index contributed by atoms with van der Waals surface area (Å²) < 4.78 is 11.5. The minimum Gasteiger partial charge on any atom is -0.486 e. The third-order valence-electron chi connectivity index (χ3n) is 3.61. The topological polar surface area (TPSA) is 54.0 Å². The SMILES string of the molecule is CC(O)c1ccc(N2CCNCC2)c2c1OCCO2. The van der Waals surface area contributed by atoms with Crippen molar-refractivity contribution in [3.63, 3.8) is 0 Å². The van der Waals surface area contributed by atoms with E-state index in [4.69, 9.17) is 9.47 Å². The molecule has 0 aliphatic carbocycles. The van der Waals surface area contributed by atoms with Crippen molar-refractivity contribution >= 4 is 5.69 Å². The second-order valence-electron chi connectivity index (χ2n) is 4.94. The molecular formula is C14H20N2O3. The van der Waals surface area contributed by atoms with Gasteiger partial charge >= 0.3 is 0 Å². The van der Waals surface area contributed by atoms with Gasteiger partial charge in [0.15, 0.2) is 11.5 Å². The number of piperazine rings is 1. The lowest BCUT2D eigenvalue weighted by Gasteiger charge is -2.33. The largest absolute Gasteiger partial charge is 0.486 e. The fraction of sp³-hybridized carbons (Fsp3) is 0.571. The van der Waals surface area contributed by atoms with E-state index >= 15 is 0 Å². The number of aliphatic hydroxyl groups is 1. The van der Waals surface area contributed by atoms with E-state index in [-0.39, 0.29) is 0 Å². The molecule has 2 aliphatic rings. The van der Waals surface area contributed by atoms with E-state index in [0.29, 0.717) is 19.0 Å². The molecule has 5 heteroatoms. The first-order chi connectivity index (χ1) is 9.27. The van der Waals surface area contributed by atoms with Crippen LogP contribution in [0.5, 0.6) is 11.5 Å². The van der Waals surface area contributed by atoms with Crippen molar-refractivity contribution in [1.29, 1.82) is 0 Å². The maximum Gasteiger partial charge on any atom is 0.185 e. The summed E-state index contributed by atoms with van der Waals surface area (Å²) in [6.45, 7) is 6.74. The van der Waals surface area contributed by atoms with Gasteiger partial charge in [-0.1, -0.05) is 6.07 Å². The van der Waals surface area contributed by atoms with Crippen molar-refractivity contribution in [2.75, 3.05) is 44.3 Å². The van der Waals surface area contributed by atoms with E-state index in [1.165, 1.54) is 0 Å². The highest BCUT2D eigenvalue weighted by atomic mass is 16.6. The van der Waals surface area contributed by atoms with Crippen LogP contribution in [0.2, 0.25) is 0 Å². The van der Waals surface area contributed by atoms with Crippen LogP contribution in [-0.4, -0.2) is 44.5 Å². The van der Waals surface area contributed by atoms with Gasteiger partial charge < -0.3 is 24.8 Å². The molecule has 5 nitrogen and oxygen atoms in total. The minimum atomic E-state index is -0.549. The third-order valence-corrected chi connectivity index (χ3v) is 3.61. The first kappa shape index (κ1) is 12.6. The van der Waals surface area contributed by atoms with E-state index in [0.717, 1.165) is 43.2 Å². The second-order valence-corrected chi connectivity index (χ2v) is 4.94. The molecule has 0 bridgehead atoms. The van der Waals surface area contributed by atoms with Gasteiger partial charge in [0.2, 0.25) is 0 Å². The number of hydrogen-bond acceptors (Lipinski definition) is 5. The summed E-state index contributed by atoms with van der Waals surface area (Å²) in [6.07, 6.45) is -0.549. The van der Waals surface area contributed by atoms with Gasteiger partial charge in [0.05, 0.1) is 11.8 Å². The zero-order valence-electron chi connectivity index (χ0n) is 11.2. The molecule has 104 valence electrons. The molecular weight excluding hydrogens is 244 g/mol. The predicted molar refractivity (Wildman–Crippen MR) is 73.1 cm³/mol. The third kappa shape index (κ3) is 2.35. The molecule has 1 atom stereocenters. The van der Waals surface area contributed by atoms with Crippen LogP contribution in [0.15, 0.2) is 12.1 Å². The Morgan fingerprint density at radius 2 is 1.84 bits per heavy atom. The standard InChI is InChI=1S/C14H20N2O3/c1-10(17)11-2-3-12(16-6-4-15-5-7-16)14-13(11)18-8-9-19-14/h2-3,10,15,17H,4-9H2,1H3. The minimum absolute atomic E-state index is 0.539. The highest BCUT2D eigenvalue weighted by molar-refractivity contribution is 5.68. The van der Waals surface area contributed by atoms with Gasteiger partial charge in [0.25, 0.3) is 0 Å². The van der Waals surface area contributed by atoms with Crippen LogP contribution in [0.4, 0.5) is 5.69 Å². The lowest BCUT2D eigenvalue weighted by Crippen LogP contribution is -2.43. The molecule has 1 aromatic carbocycles. The molecule has 0 radical (unpaired) electrons. The summed E-state index contributed by atoms with van der Waals surface area (Å²) in [6, 6.07) is 3.97. The second kappa shape index (κ2) is 5.27. The van der Waals surface area contributed by atoms with Crippen molar-refractivity contribution in [1.82, 2.24) is 5.32 Å². The van der Waals surface area contributed by atoms with Crippen LogP contribution in [0.3, 0.4) is 0 Å². The monoisotopic (exact) mass is 264 g/mol. The van der Waals surface area contributed by atoms with Crippen molar-refractivity contribution in [2.24, 2.45) is 0 Å². The number of benzene rings is 1. The van der Waals surface area contributed by atoms with Gasteiger partial charge in [0, 0.05) is 31.7 Å². The van der Waals surface area contributed by atoms with Crippen molar-refractivity contribution in [2.45, 2.75) is 13.0 Å². The molecule has 2 heterocycles. The first-order valence-electron chi connectivity index (χ1n) is 6.83. The Balaban J connectivity index is 2.00. The van der Waals surface area contributed by atoms with Crippen LogP contribution < -0.4 is 19.7 Å². The van der Waals surface area contributed by atoms with Gasteiger partial charge in [-0.15, -0.1) is 0 Å². The lowest BCUT2D eigenvalue weighted by molar-refractivity contribution is 0.154. The van der Waals surface area contributed by atoms with Crippen LogP contribution in [0.1, 0.15) is 18.6 Å². The number of ether oxygens (including phenoxy) is 2. The number of hydrogen-bond donors (Lipinski definition) is 2. The molecule has 0 spiro atoms. The number of aliphatic hydroxyl groups excluding tert-OH is 1. The van der Waals surface area contributed by atoms with Crippen molar-refractivity contribution in [3.05, 3.63) is 17.7 Å². The zero-order valence-corrected chi connectivity index (χ0v) is 11.2. The molecule has 1 unspecified atom stereocenters. The van der Waals surface area contributed by atoms with Crippen LogP contribution in [0.25, 0.3) is 0 Å². The number of rotatable bonds is 2. The van der Waals surface area contributed by atoms with E-state index in [1.54, 1.807) is 6.92 Å². The molecule has 2 N–H and O–H groups in total. The molecule has 1 fully saturated rings. The molecule has 0 aromatic heterocycles. The van der Waals surface area contributed by atoms with E-state index in [1.807, 2.05) is 12.1 Å². The highest BCUT2D eigenvalue weighted by Gasteiger charge is 2.25. The summed E-state index contributed by atoms with van der Waals surface area (Å²) in [5.41, 5.74) is 1.87. The van der Waals surface area contributed by atoms with Gasteiger partial charge in [-0.05, 0) is 13.0 Å². The Hall–Kier alpha value is -1.46. The molecule has 1 aromatic rings. The summed E-state index contributed by atoms with van der Waals surface area (Å²) in [4.78, 5) is 2.30. The highest BCUT2D eigenvalue weighted by Crippen LogP contribution is 2.44. The summed E-state index contributed by atoms with van der Waals surface area (Å²) in [7, 11) is 0. The number of nitrogens with zero attached hydrogens (tertiary/aromatic N) is 1. The average Bonchev–Trinajstić information content (AvgIpc) is 2.47. The first-order valence-corrected chi connectivity index (χ1v) is 6.83. The molecule has 0 amide bonds. The Morgan fingerprint density at radius 3 is 2.53 bits per heavy atom. The fourth-order valence-corrected chi connectivity index (χ4v) is 2.63. The average molecular weight is 264 g/mol. The summed E-state index contributed by atoms with van der Waals surface area (Å²) >= 11 is 0. The normalized spacial score (nSPS) is 20.2. The van der Waals surface area contributed by atoms with Gasteiger partial charge in [-0.2, -0.15) is 0 Å². The van der Waals surface area contributed by atoms with E-state index in [9.17, 15) is 5.11 Å². The number of fused-ring (bicyclic) bond motifs is 1. The zero-order chi connectivity index (χ0) is 13.2. The van der Waals surface area contributed by atoms with Crippen LogP contribution in [-0.2, 0) is 0 Å². The molecule has 1 saturated heterocycles. The van der Waals surface area contributed by atoms with E-state index < -0.39 is 6.10 Å². The van der Waals surface area contributed by atoms with Crippen LogP contribution in [0, 0.1) is 0 Å². The Labute approximate surface area is 113 Å². The Bertz CT molecular complexity index is 456.